The van der Waals surface area contributed by atoms with E-state index in [1.165, 1.54) is 30.5 Å². The number of fused-ring (bicyclic) bond motifs is 1. The second kappa shape index (κ2) is 6.33. The number of benzene rings is 2. The Hall–Kier alpha value is -3.48. The van der Waals surface area contributed by atoms with Gasteiger partial charge in [-0.3, -0.25) is 9.59 Å². The van der Waals surface area contributed by atoms with Crippen LogP contribution in [0.5, 0.6) is 5.75 Å². The molecular formula is C17H12FN3O3. The second-order valence-corrected chi connectivity index (χ2v) is 4.97. The highest BCUT2D eigenvalue weighted by Gasteiger charge is 2.18. The first-order chi connectivity index (χ1) is 11.6. The van der Waals surface area contributed by atoms with Crippen molar-refractivity contribution in [2.75, 3.05) is 0 Å². The van der Waals surface area contributed by atoms with Gasteiger partial charge in [-0.1, -0.05) is 24.3 Å². The zero-order chi connectivity index (χ0) is 17.1. The zero-order valence-corrected chi connectivity index (χ0v) is 12.3. The molecule has 7 heteroatoms. The van der Waals surface area contributed by atoms with E-state index in [-0.39, 0.29) is 5.82 Å². The molecular weight excluding hydrogens is 313 g/mol. The molecule has 0 atom stereocenters. The largest absolute Gasteiger partial charge is 0.506 e. The van der Waals surface area contributed by atoms with Crippen LogP contribution in [0.25, 0.3) is 10.9 Å². The van der Waals surface area contributed by atoms with Gasteiger partial charge < -0.3 is 10.1 Å². The molecule has 0 aliphatic rings. The lowest BCUT2D eigenvalue weighted by Crippen LogP contribution is -2.26. The number of pyridine rings is 1. The maximum absolute atomic E-state index is 12.8. The van der Waals surface area contributed by atoms with Crippen LogP contribution >= 0.6 is 0 Å². The summed E-state index contributed by atoms with van der Waals surface area (Å²) in [6.07, 6.45) is 1.30. The number of hydrazone groups is 1. The van der Waals surface area contributed by atoms with E-state index >= 15 is 0 Å². The maximum atomic E-state index is 12.8. The first-order valence-electron chi connectivity index (χ1n) is 6.99. The Morgan fingerprint density at radius 2 is 1.88 bits per heavy atom. The molecule has 0 bridgehead atoms. The number of nitrogens with one attached hydrogen (secondary N) is 2. The third-order valence-electron chi connectivity index (χ3n) is 3.37. The smallest absolute Gasteiger partial charge is 0.280 e. The van der Waals surface area contributed by atoms with Gasteiger partial charge in [-0.2, -0.15) is 5.10 Å². The predicted molar refractivity (Wildman–Crippen MR) is 87.7 cm³/mol. The fraction of sp³-hybridized carbons (Fsp3) is 0. The van der Waals surface area contributed by atoms with Gasteiger partial charge in [0.05, 0.1) is 11.7 Å². The Morgan fingerprint density at radius 1 is 1.17 bits per heavy atom. The number of carbonyl (C=O) groups is 1. The summed E-state index contributed by atoms with van der Waals surface area (Å²) in [5, 5.41) is 14.2. The molecule has 3 aromatic rings. The van der Waals surface area contributed by atoms with E-state index in [0.29, 0.717) is 16.5 Å². The van der Waals surface area contributed by atoms with Crippen LogP contribution in [-0.2, 0) is 0 Å². The highest BCUT2D eigenvalue weighted by molar-refractivity contribution is 6.02. The number of rotatable bonds is 3. The number of carbonyl (C=O) groups excluding carboxylic acids is 1. The van der Waals surface area contributed by atoms with Crippen LogP contribution in [-0.4, -0.2) is 22.2 Å². The molecule has 3 rings (SSSR count). The lowest BCUT2D eigenvalue weighted by Gasteiger charge is -2.05. The SMILES string of the molecule is O=C(N/N=C/c1ccc(F)cc1)c1c(O)c2ccccc2[nH]c1=O. The van der Waals surface area contributed by atoms with Crippen LogP contribution in [0.1, 0.15) is 15.9 Å². The van der Waals surface area contributed by atoms with Crippen molar-refractivity contribution >= 4 is 23.0 Å². The minimum atomic E-state index is -0.849. The van der Waals surface area contributed by atoms with E-state index in [1.54, 1.807) is 24.3 Å². The maximum Gasteiger partial charge on any atom is 0.280 e. The van der Waals surface area contributed by atoms with Crippen LogP contribution in [0.15, 0.2) is 58.4 Å². The topological polar surface area (TPSA) is 94.5 Å². The van der Waals surface area contributed by atoms with Crippen molar-refractivity contribution in [1.29, 1.82) is 0 Å². The van der Waals surface area contributed by atoms with Crippen LogP contribution < -0.4 is 11.0 Å². The van der Waals surface area contributed by atoms with E-state index in [2.05, 4.69) is 15.5 Å². The molecule has 120 valence electrons. The molecule has 0 spiro atoms. The van der Waals surface area contributed by atoms with Crippen LogP contribution in [0.4, 0.5) is 4.39 Å². The number of halogens is 1. The molecule has 1 amide bonds. The summed E-state index contributed by atoms with van der Waals surface area (Å²) in [6.45, 7) is 0. The van der Waals surface area contributed by atoms with Gasteiger partial charge in [-0.25, -0.2) is 9.82 Å². The molecule has 0 aliphatic heterocycles. The van der Waals surface area contributed by atoms with E-state index in [9.17, 15) is 19.1 Å². The molecule has 6 nitrogen and oxygen atoms in total. The van der Waals surface area contributed by atoms with Crippen molar-refractivity contribution < 1.29 is 14.3 Å². The summed E-state index contributed by atoms with van der Waals surface area (Å²) in [5.41, 5.74) is 2.00. The number of amides is 1. The second-order valence-electron chi connectivity index (χ2n) is 4.97. The molecule has 0 saturated heterocycles. The lowest BCUT2D eigenvalue weighted by molar-refractivity contribution is 0.0951. The molecule has 0 aliphatic carbocycles. The van der Waals surface area contributed by atoms with Crippen molar-refractivity contribution in [3.8, 4) is 5.75 Å². The number of hydrogen-bond donors (Lipinski definition) is 3. The minimum absolute atomic E-state index is 0.352. The number of aromatic nitrogens is 1. The molecule has 0 fully saturated rings. The van der Waals surface area contributed by atoms with Crippen molar-refractivity contribution in [1.82, 2.24) is 10.4 Å². The first kappa shape index (κ1) is 15.4. The molecule has 2 aromatic carbocycles. The van der Waals surface area contributed by atoms with E-state index < -0.39 is 22.8 Å². The van der Waals surface area contributed by atoms with E-state index in [1.807, 2.05) is 0 Å². The number of H-pyrrole nitrogens is 1. The summed E-state index contributed by atoms with van der Waals surface area (Å²) in [6, 6.07) is 12.0. The number of aromatic hydroxyl groups is 1. The third-order valence-corrected chi connectivity index (χ3v) is 3.37. The fourth-order valence-corrected chi connectivity index (χ4v) is 2.21. The van der Waals surface area contributed by atoms with Gasteiger partial charge in [0.1, 0.15) is 17.1 Å². The normalized spacial score (nSPS) is 11.0. The number of aromatic amines is 1. The van der Waals surface area contributed by atoms with Gasteiger partial charge in [0, 0.05) is 5.39 Å². The average molecular weight is 325 g/mol. The van der Waals surface area contributed by atoms with Crippen molar-refractivity contribution in [2.24, 2.45) is 5.10 Å². The van der Waals surface area contributed by atoms with Gasteiger partial charge in [0.2, 0.25) is 0 Å². The summed E-state index contributed by atoms with van der Waals surface area (Å²) >= 11 is 0. The zero-order valence-electron chi connectivity index (χ0n) is 12.3. The van der Waals surface area contributed by atoms with Gasteiger partial charge >= 0.3 is 0 Å². The van der Waals surface area contributed by atoms with Crippen LogP contribution in [0.3, 0.4) is 0 Å². The standard InChI is InChI=1S/C17H12FN3O3/c18-11-7-5-10(6-8-11)9-19-21-17(24)14-15(22)12-3-1-2-4-13(12)20-16(14)23/h1-9H,(H,21,24)(H2,20,22,23)/b19-9+. The molecule has 0 unspecified atom stereocenters. The van der Waals surface area contributed by atoms with Gasteiger partial charge in [-0.05, 0) is 29.8 Å². The molecule has 0 radical (unpaired) electrons. The van der Waals surface area contributed by atoms with Crippen molar-refractivity contribution in [3.05, 3.63) is 75.8 Å². The Morgan fingerprint density at radius 3 is 2.62 bits per heavy atom. The molecule has 24 heavy (non-hydrogen) atoms. The average Bonchev–Trinajstić information content (AvgIpc) is 2.57. The molecule has 3 N–H and O–H groups in total. The summed E-state index contributed by atoms with van der Waals surface area (Å²) in [7, 11) is 0. The summed E-state index contributed by atoms with van der Waals surface area (Å²) in [5.74, 6) is -1.65. The molecule has 1 heterocycles. The van der Waals surface area contributed by atoms with Gasteiger partial charge in [0.25, 0.3) is 11.5 Å². The molecule has 0 saturated carbocycles. The van der Waals surface area contributed by atoms with E-state index in [4.69, 9.17) is 0 Å². The van der Waals surface area contributed by atoms with Crippen molar-refractivity contribution in [2.45, 2.75) is 0 Å². The minimum Gasteiger partial charge on any atom is -0.506 e. The first-order valence-corrected chi connectivity index (χ1v) is 6.99. The Balaban J connectivity index is 1.86. The highest BCUT2D eigenvalue weighted by atomic mass is 19.1. The highest BCUT2D eigenvalue weighted by Crippen LogP contribution is 2.24. The monoisotopic (exact) mass is 325 g/mol. The van der Waals surface area contributed by atoms with Gasteiger partial charge in [-0.15, -0.1) is 0 Å². The predicted octanol–water partition coefficient (Wildman–Crippen LogP) is 2.14. The Bertz CT molecular complexity index is 994. The van der Waals surface area contributed by atoms with Crippen LogP contribution in [0.2, 0.25) is 0 Å². The summed E-state index contributed by atoms with van der Waals surface area (Å²) in [4.78, 5) is 26.6. The third kappa shape index (κ3) is 3.00. The quantitative estimate of drug-likeness (QED) is 0.508. The number of nitrogens with zero attached hydrogens (tertiary/aromatic N) is 1. The fourth-order valence-electron chi connectivity index (χ4n) is 2.21. The lowest BCUT2D eigenvalue weighted by atomic mass is 10.1. The Kier molecular flexibility index (Phi) is 4.07. The van der Waals surface area contributed by atoms with Crippen LogP contribution in [0, 0.1) is 5.82 Å². The van der Waals surface area contributed by atoms with Crippen molar-refractivity contribution in [3.63, 3.8) is 0 Å². The van der Waals surface area contributed by atoms with Gasteiger partial charge in [0.15, 0.2) is 0 Å². The number of hydrogen-bond acceptors (Lipinski definition) is 4. The van der Waals surface area contributed by atoms with E-state index in [0.717, 1.165) is 0 Å². The molecule has 1 aromatic heterocycles. The summed E-state index contributed by atoms with van der Waals surface area (Å²) < 4.78 is 12.8. The number of para-hydroxylation sites is 1. The Labute approximate surface area is 135 Å².